The van der Waals surface area contributed by atoms with Gasteiger partial charge in [-0.3, -0.25) is 0 Å². The van der Waals surface area contributed by atoms with Crippen molar-refractivity contribution in [2.75, 3.05) is 18.0 Å². The van der Waals surface area contributed by atoms with Crippen LogP contribution in [0.4, 0.5) is 5.13 Å². The smallest absolute Gasteiger partial charge is 0.223 e. The van der Waals surface area contributed by atoms with Crippen LogP contribution in [0.15, 0.2) is 5.38 Å². The second kappa shape index (κ2) is 2.36. The third-order valence-electron chi connectivity index (χ3n) is 1.99. The molecule has 0 unspecified atom stereocenters. The first-order valence-electron chi connectivity index (χ1n) is 3.96. The van der Waals surface area contributed by atoms with E-state index in [0.29, 0.717) is 5.41 Å². The minimum Gasteiger partial charge on any atom is -0.493 e. The van der Waals surface area contributed by atoms with Crippen LogP contribution >= 0.6 is 11.3 Å². The lowest BCUT2D eigenvalue weighted by atomic mass is 9.85. The molecule has 1 aliphatic rings. The third-order valence-corrected chi connectivity index (χ3v) is 2.88. The summed E-state index contributed by atoms with van der Waals surface area (Å²) < 4.78 is 0. The monoisotopic (exact) mass is 184 g/mol. The van der Waals surface area contributed by atoms with Gasteiger partial charge in [-0.1, -0.05) is 13.8 Å². The molecule has 1 aromatic heterocycles. The number of aromatic hydroxyl groups is 1. The molecule has 12 heavy (non-hydrogen) atoms. The molecule has 0 saturated carbocycles. The minimum atomic E-state index is 0.139. The van der Waals surface area contributed by atoms with Crippen molar-refractivity contribution in [3.8, 4) is 5.88 Å². The van der Waals surface area contributed by atoms with E-state index < -0.39 is 0 Å². The van der Waals surface area contributed by atoms with E-state index in [1.165, 1.54) is 11.3 Å². The zero-order valence-corrected chi connectivity index (χ0v) is 8.06. The van der Waals surface area contributed by atoms with Gasteiger partial charge < -0.3 is 10.0 Å². The predicted molar refractivity (Wildman–Crippen MR) is 49.8 cm³/mol. The van der Waals surface area contributed by atoms with E-state index in [4.69, 9.17) is 5.11 Å². The van der Waals surface area contributed by atoms with Crippen molar-refractivity contribution in [3.63, 3.8) is 0 Å². The highest BCUT2D eigenvalue weighted by atomic mass is 32.1. The number of nitrogens with zero attached hydrogens (tertiary/aromatic N) is 2. The van der Waals surface area contributed by atoms with Crippen LogP contribution in [0, 0.1) is 5.41 Å². The third kappa shape index (κ3) is 1.27. The molecule has 0 aliphatic carbocycles. The van der Waals surface area contributed by atoms with Crippen molar-refractivity contribution in [1.82, 2.24) is 4.98 Å². The Morgan fingerprint density at radius 3 is 2.67 bits per heavy atom. The fourth-order valence-electron chi connectivity index (χ4n) is 1.52. The first-order chi connectivity index (χ1) is 5.57. The zero-order chi connectivity index (χ0) is 8.77. The number of hydrogen-bond acceptors (Lipinski definition) is 4. The van der Waals surface area contributed by atoms with Crippen LogP contribution < -0.4 is 4.90 Å². The van der Waals surface area contributed by atoms with Crippen LogP contribution in [0.1, 0.15) is 13.8 Å². The lowest BCUT2D eigenvalue weighted by molar-refractivity contribution is 0.276. The summed E-state index contributed by atoms with van der Waals surface area (Å²) in [5.41, 5.74) is 0.418. The van der Waals surface area contributed by atoms with Gasteiger partial charge in [0.1, 0.15) is 0 Å². The van der Waals surface area contributed by atoms with Crippen LogP contribution in [-0.2, 0) is 0 Å². The molecule has 3 nitrogen and oxygen atoms in total. The molecule has 4 heteroatoms. The maximum absolute atomic E-state index is 9.02. The van der Waals surface area contributed by atoms with Crippen LogP contribution in [-0.4, -0.2) is 23.2 Å². The van der Waals surface area contributed by atoms with Gasteiger partial charge in [-0.2, -0.15) is 4.98 Å². The molecule has 2 heterocycles. The fraction of sp³-hybridized carbons (Fsp3) is 0.625. The average molecular weight is 184 g/mol. The summed E-state index contributed by atoms with van der Waals surface area (Å²) in [4.78, 5) is 6.18. The number of rotatable bonds is 1. The van der Waals surface area contributed by atoms with E-state index in [1.807, 2.05) is 0 Å². The van der Waals surface area contributed by atoms with E-state index >= 15 is 0 Å². The van der Waals surface area contributed by atoms with E-state index in [0.717, 1.165) is 18.2 Å². The molecule has 1 saturated heterocycles. The Kier molecular flexibility index (Phi) is 1.54. The normalized spacial score (nSPS) is 20.7. The van der Waals surface area contributed by atoms with Gasteiger partial charge in [0, 0.05) is 13.1 Å². The molecule has 66 valence electrons. The van der Waals surface area contributed by atoms with Gasteiger partial charge in [0.2, 0.25) is 5.88 Å². The van der Waals surface area contributed by atoms with Crippen LogP contribution in [0.5, 0.6) is 5.88 Å². The van der Waals surface area contributed by atoms with Gasteiger partial charge in [-0.15, -0.1) is 11.3 Å². The van der Waals surface area contributed by atoms with Gasteiger partial charge >= 0.3 is 0 Å². The largest absolute Gasteiger partial charge is 0.493 e. The first kappa shape index (κ1) is 7.86. The molecular formula is C8H12N2OS. The Morgan fingerprint density at radius 2 is 2.25 bits per heavy atom. The SMILES string of the molecule is CC1(C)CN(c2nc(O)cs2)C1. The second-order valence-corrected chi connectivity index (χ2v) is 4.85. The van der Waals surface area contributed by atoms with Crippen molar-refractivity contribution in [2.24, 2.45) is 5.41 Å². The summed E-state index contributed by atoms with van der Waals surface area (Å²) in [7, 11) is 0. The highest BCUT2D eigenvalue weighted by molar-refractivity contribution is 7.13. The molecule has 0 atom stereocenters. The Bertz CT molecular complexity index is 287. The van der Waals surface area contributed by atoms with Crippen molar-refractivity contribution >= 4 is 16.5 Å². The summed E-state index contributed by atoms with van der Waals surface area (Å²) in [5, 5.41) is 11.6. The minimum absolute atomic E-state index is 0.139. The van der Waals surface area contributed by atoms with Crippen LogP contribution in [0.3, 0.4) is 0 Å². The predicted octanol–water partition coefficient (Wildman–Crippen LogP) is 1.69. The van der Waals surface area contributed by atoms with Gasteiger partial charge in [-0.25, -0.2) is 0 Å². The molecule has 1 N–H and O–H groups in total. The summed E-state index contributed by atoms with van der Waals surface area (Å²) >= 11 is 1.50. The van der Waals surface area contributed by atoms with Crippen LogP contribution in [0.25, 0.3) is 0 Å². The maximum atomic E-state index is 9.02. The molecule has 0 bridgehead atoms. The fourth-order valence-corrected chi connectivity index (χ4v) is 2.21. The van der Waals surface area contributed by atoms with E-state index in [2.05, 4.69) is 23.7 Å². The lowest BCUT2D eigenvalue weighted by Gasteiger charge is -2.45. The average Bonchev–Trinajstić information content (AvgIpc) is 2.30. The maximum Gasteiger partial charge on any atom is 0.223 e. The lowest BCUT2D eigenvalue weighted by Crippen LogP contribution is -2.53. The summed E-state index contributed by atoms with van der Waals surface area (Å²) in [6, 6.07) is 0. The number of thiazole rings is 1. The van der Waals surface area contributed by atoms with E-state index in [1.54, 1.807) is 5.38 Å². The summed E-state index contributed by atoms with van der Waals surface area (Å²) in [5.74, 6) is 0.139. The molecule has 1 aliphatic heterocycles. The molecule has 0 amide bonds. The highest BCUT2D eigenvalue weighted by Crippen LogP contribution is 2.35. The van der Waals surface area contributed by atoms with Gasteiger partial charge in [0.25, 0.3) is 0 Å². The Balaban J connectivity index is 2.06. The van der Waals surface area contributed by atoms with Crippen molar-refractivity contribution in [1.29, 1.82) is 0 Å². The Labute approximate surface area is 75.7 Å². The van der Waals surface area contributed by atoms with Gasteiger partial charge in [0.05, 0.1) is 5.38 Å². The highest BCUT2D eigenvalue weighted by Gasteiger charge is 2.35. The molecule has 0 aromatic carbocycles. The van der Waals surface area contributed by atoms with Crippen molar-refractivity contribution in [2.45, 2.75) is 13.8 Å². The van der Waals surface area contributed by atoms with E-state index in [9.17, 15) is 0 Å². The molecule has 1 fully saturated rings. The summed E-state index contributed by atoms with van der Waals surface area (Å²) in [6.07, 6.45) is 0. The topological polar surface area (TPSA) is 36.4 Å². The molecule has 1 aromatic rings. The van der Waals surface area contributed by atoms with Gasteiger partial charge in [-0.05, 0) is 5.41 Å². The second-order valence-electron chi connectivity index (χ2n) is 4.01. The van der Waals surface area contributed by atoms with E-state index in [-0.39, 0.29) is 5.88 Å². The number of anilines is 1. The zero-order valence-electron chi connectivity index (χ0n) is 7.24. The molecule has 2 rings (SSSR count). The number of aromatic nitrogens is 1. The van der Waals surface area contributed by atoms with Crippen molar-refractivity contribution in [3.05, 3.63) is 5.38 Å². The van der Waals surface area contributed by atoms with Crippen LogP contribution in [0.2, 0.25) is 0 Å². The molecular weight excluding hydrogens is 172 g/mol. The van der Waals surface area contributed by atoms with Crippen molar-refractivity contribution < 1.29 is 5.11 Å². The summed E-state index contributed by atoms with van der Waals surface area (Å²) in [6.45, 7) is 6.55. The van der Waals surface area contributed by atoms with Gasteiger partial charge in [0.15, 0.2) is 5.13 Å². The number of hydrogen-bond donors (Lipinski definition) is 1. The Morgan fingerprint density at radius 1 is 1.58 bits per heavy atom. The molecule has 0 spiro atoms. The molecule has 0 radical (unpaired) electrons. The quantitative estimate of drug-likeness (QED) is 0.721. The standard InChI is InChI=1S/C8H12N2OS/c1-8(2)4-10(5-8)7-9-6(11)3-12-7/h3,11H,4-5H2,1-2H3. The Hall–Kier alpha value is -0.770. The first-order valence-corrected chi connectivity index (χ1v) is 4.84.